The fourth-order valence-corrected chi connectivity index (χ4v) is 2.19. The molecule has 0 saturated heterocycles. The normalized spacial score (nSPS) is 11.4. The number of nitrogens with one attached hydrogen (secondary N) is 1. The zero-order chi connectivity index (χ0) is 14.8. The summed E-state index contributed by atoms with van der Waals surface area (Å²) >= 11 is 3.29. The van der Waals surface area contributed by atoms with Crippen LogP contribution < -0.4 is 5.32 Å². The first-order chi connectivity index (χ1) is 9.38. The van der Waals surface area contributed by atoms with Crippen LogP contribution in [0.1, 0.15) is 11.1 Å². The van der Waals surface area contributed by atoms with Crippen LogP contribution in [0.15, 0.2) is 46.9 Å². The van der Waals surface area contributed by atoms with E-state index in [4.69, 9.17) is 0 Å². The van der Waals surface area contributed by atoms with Crippen molar-refractivity contribution in [1.29, 1.82) is 0 Å². The molecule has 2 aromatic rings. The number of para-hydroxylation sites is 1. The topological polar surface area (TPSA) is 12.0 Å². The average Bonchev–Trinajstić information content (AvgIpc) is 2.38. The van der Waals surface area contributed by atoms with Gasteiger partial charge in [0.15, 0.2) is 0 Å². The van der Waals surface area contributed by atoms with Gasteiger partial charge >= 0.3 is 6.18 Å². The quantitative estimate of drug-likeness (QED) is 0.750. The zero-order valence-corrected chi connectivity index (χ0v) is 11.7. The Labute approximate surface area is 121 Å². The second-order valence-electron chi connectivity index (χ2n) is 4.13. The van der Waals surface area contributed by atoms with Crippen LogP contribution in [-0.2, 0) is 12.7 Å². The van der Waals surface area contributed by atoms with Crippen molar-refractivity contribution in [3.8, 4) is 0 Å². The molecular formula is C14H10BrF4N. The first-order valence-electron chi connectivity index (χ1n) is 5.72. The molecule has 0 fully saturated rings. The minimum atomic E-state index is -4.58. The van der Waals surface area contributed by atoms with E-state index < -0.39 is 17.6 Å². The van der Waals surface area contributed by atoms with Gasteiger partial charge < -0.3 is 5.32 Å². The lowest BCUT2D eigenvalue weighted by Gasteiger charge is -2.14. The molecule has 1 nitrogen and oxygen atoms in total. The monoisotopic (exact) mass is 347 g/mol. The number of alkyl halides is 3. The molecule has 20 heavy (non-hydrogen) atoms. The Kier molecular flexibility index (Phi) is 4.32. The lowest BCUT2D eigenvalue weighted by molar-refractivity contribution is -0.138. The van der Waals surface area contributed by atoms with Gasteiger partial charge in [-0.25, -0.2) is 4.39 Å². The molecule has 0 amide bonds. The van der Waals surface area contributed by atoms with Gasteiger partial charge in [0.25, 0.3) is 0 Å². The molecule has 0 aliphatic heterocycles. The number of benzene rings is 2. The highest BCUT2D eigenvalue weighted by molar-refractivity contribution is 9.10. The van der Waals surface area contributed by atoms with Crippen molar-refractivity contribution >= 4 is 21.6 Å². The Morgan fingerprint density at radius 1 is 1.05 bits per heavy atom. The van der Waals surface area contributed by atoms with Crippen LogP contribution in [0.3, 0.4) is 0 Å². The van der Waals surface area contributed by atoms with Crippen LogP contribution >= 0.6 is 15.9 Å². The Morgan fingerprint density at radius 2 is 1.75 bits per heavy atom. The van der Waals surface area contributed by atoms with Gasteiger partial charge in [-0.05, 0) is 45.8 Å². The Hall–Kier alpha value is -1.56. The first-order valence-corrected chi connectivity index (χ1v) is 6.51. The maximum atomic E-state index is 13.0. The molecule has 0 saturated carbocycles. The summed E-state index contributed by atoms with van der Waals surface area (Å²) in [4.78, 5) is 0. The standard InChI is InChI=1S/C14H10BrF4N/c15-12-3-1-2-4-13(12)20-8-9-5-6-10(16)7-11(9)14(17,18)19/h1-7,20H,8H2. The molecule has 1 N–H and O–H groups in total. The van der Waals surface area contributed by atoms with Crippen molar-refractivity contribution in [2.24, 2.45) is 0 Å². The predicted molar refractivity (Wildman–Crippen MR) is 72.9 cm³/mol. The van der Waals surface area contributed by atoms with E-state index in [0.29, 0.717) is 11.8 Å². The fourth-order valence-electron chi connectivity index (χ4n) is 1.76. The third kappa shape index (κ3) is 3.50. The van der Waals surface area contributed by atoms with E-state index >= 15 is 0 Å². The van der Waals surface area contributed by atoms with Crippen LogP contribution in [-0.4, -0.2) is 0 Å². The predicted octanol–water partition coefficient (Wildman–Crippen LogP) is 5.22. The Bertz CT molecular complexity index is 610. The Morgan fingerprint density at radius 3 is 2.40 bits per heavy atom. The third-order valence-corrected chi connectivity index (χ3v) is 3.41. The number of anilines is 1. The highest BCUT2D eigenvalue weighted by Gasteiger charge is 2.33. The fraction of sp³-hybridized carbons (Fsp3) is 0.143. The van der Waals surface area contributed by atoms with Crippen molar-refractivity contribution < 1.29 is 17.6 Å². The van der Waals surface area contributed by atoms with Crippen molar-refractivity contribution in [2.45, 2.75) is 12.7 Å². The van der Waals surface area contributed by atoms with E-state index in [2.05, 4.69) is 21.2 Å². The summed E-state index contributed by atoms with van der Waals surface area (Å²) in [5, 5.41) is 2.89. The van der Waals surface area contributed by atoms with Crippen LogP contribution in [0, 0.1) is 5.82 Å². The minimum absolute atomic E-state index is 0.00495. The van der Waals surface area contributed by atoms with Crippen LogP contribution in [0.2, 0.25) is 0 Å². The summed E-state index contributed by atoms with van der Waals surface area (Å²) in [5.74, 6) is -0.901. The van der Waals surface area contributed by atoms with Gasteiger partial charge in [-0.2, -0.15) is 13.2 Å². The van der Waals surface area contributed by atoms with Crippen molar-refractivity contribution in [2.75, 3.05) is 5.32 Å². The van der Waals surface area contributed by atoms with Gasteiger partial charge in [-0.3, -0.25) is 0 Å². The van der Waals surface area contributed by atoms with Gasteiger partial charge in [0.05, 0.1) is 5.56 Å². The van der Waals surface area contributed by atoms with Gasteiger partial charge in [-0.15, -0.1) is 0 Å². The van der Waals surface area contributed by atoms with E-state index in [1.54, 1.807) is 24.3 Å². The molecule has 2 aromatic carbocycles. The largest absolute Gasteiger partial charge is 0.416 e. The summed E-state index contributed by atoms with van der Waals surface area (Å²) in [6, 6.07) is 9.75. The molecule has 0 spiro atoms. The second-order valence-corrected chi connectivity index (χ2v) is 4.99. The third-order valence-electron chi connectivity index (χ3n) is 2.72. The average molecular weight is 348 g/mol. The molecule has 0 aromatic heterocycles. The number of hydrogen-bond donors (Lipinski definition) is 1. The summed E-state index contributed by atoms with van der Waals surface area (Å²) in [6.45, 7) is -0.0439. The molecule has 106 valence electrons. The molecule has 0 aliphatic carbocycles. The lowest BCUT2D eigenvalue weighted by atomic mass is 10.1. The van der Waals surface area contributed by atoms with Crippen molar-refractivity contribution in [3.63, 3.8) is 0 Å². The molecule has 0 bridgehead atoms. The van der Waals surface area contributed by atoms with Crippen molar-refractivity contribution in [3.05, 3.63) is 63.9 Å². The molecule has 0 atom stereocenters. The highest BCUT2D eigenvalue weighted by Crippen LogP contribution is 2.33. The van der Waals surface area contributed by atoms with E-state index in [1.165, 1.54) is 0 Å². The first kappa shape index (κ1) is 14.8. The van der Waals surface area contributed by atoms with E-state index in [1.807, 2.05) is 0 Å². The smallest absolute Gasteiger partial charge is 0.380 e. The Balaban J connectivity index is 2.24. The molecule has 0 radical (unpaired) electrons. The maximum absolute atomic E-state index is 13.0. The summed E-state index contributed by atoms with van der Waals surface area (Å²) in [5.41, 5.74) is -0.295. The summed E-state index contributed by atoms with van der Waals surface area (Å²) in [7, 11) is 0. The van der Waals surface area contributed by atoms with E-state index in [0.717, 1.165) is 16.6 Å². The molecule has 0 heterocycles. The van der Waals surface area contributed by atoms with Gasteiger partial charge in [-0.1, -0.05) is 18.2 Å². The highest BCUT2D eigenvalue weighted by atomic mass is 79.9. The summed E-state index contributed by atoms with van der Waals surface area (Å²) in [6.07, 6.45) is -4.58. The number of hydrogen-bond acceptors (Lipinski definition) is 1. The SMILES string of the molecule is Fc1ccc(CNc2ccccc2Br)c(C(F)(F)F)c1. The molecule has 2 rings (SSSR count). The molecular weight excluding hydrogens is 338 g/mol. The number of rotatable bonds is 3. The van der Waals surface area contributed by atoms with Crippen LogP contribution in [0.5, 0.6) is 0 Å². The molecule has 0 unspecified atom stereocenters. The van der Waals surface area contributed by atoms with Crippen LogP contribution in [0.4, 0.5) is 23.2 Å². The maximum Gasteiger partial charge on any atom is 0.416 e. The van der Waals surface area contributed by atoms with E-state index in [9.17, 15) is 17.6 Å². The van der Waals surface area contributed by atoms with Gasteiger partial charge in [0, 0.05) is 16.7 Å². The minimum Gasteiger partial charge on any atom is -0.380 e. The van der Waals surface area contributed by atoms with E-state index in [-0.39, 0.29) is 12.1 Å². The van der Waals surface area contributed by atoms with Crippen molar-refractivity contribution in [1.82, 2.24) is 0 Å². The van der Waals surface area contributed by atoms with Gasteiger partial charge in [0.1, 0.15) is 5.82 Å². The van der Waals surface area contributed by atoms with Gasteiger partial charge in [0.2, 0.25) is 0 Å². The van der Waals surface area contributed by atoms with Crippen LogP contribution in [0.25, 0.3) is 0 Å². The molecule has 6 heteroatoms. The molecule has 0 aliphatic rings. The zero-order valence-electron chi connectivity index (χ0n) is 10.1. The summed E-state index contributed by atoms with van der Waals surface area (Å²) < 4.78 is 52.2. The number of halogens is 5. The second kappa shape index (κ2) is 5.83. The lowest BCUT2D eigenvalue weighted by Crippen LogP contribution is -2.12.